The van der Waals surface area contributed by atoms with Crippen LogP contribution in [0.5, 0.6) is 11.5 Å². The summed E-state index contributed by atoms with van der Waals surface area (Å²) in [6.45, 7) is 1.79. The first kappa shape index (κ1) is 14.9. The molecule has 0 bridgehead atoms. The number of benzene rings is 1. The molecule has 4 heteroatoms. The molecule has 98 valence electrons. The van der Waals surface area contributed by atoms with Crippen LogP contribution in [0.3, 0.4) is 0 Å². The summed E-state index contributed by atoms with van der Waals surface area (Å²) < 4.78 is 11.2. The van der Waals surface area contributed by atoms with Crippen LogP contribution in [-0.2, 0) is 0 Å². The second-order valence-electron chi connectivity index (χ2n) is 3.71. The maximum atomic E-state index is 10.1. The molecule has 1 rings (SSSR count). The van der Waals surface area contributed by atoms with Crippen LogP contribution in [-0.4, -0.2) is 19.3 Å². The molecule has 0 amide bonds. The highest BCUT2D eigenvalue weighted by molar-refractivity contribution is 9.10. The van der Waals surface area contributed by atoms with Crippen molar-refractivity contribution in [3.8, 4) is 23.3 Å². The summed E-state index contributed by atoms with van der Waals surface area (Å²) in [5.41, 5.74) is 0.783. The molecule has 1 N–H and O–H groups in total. The normalized spacial score (nSPS) is 11.4. The fourth-order valence-electron chi connectivity index (χ4n) is 1.61. The minimum Gasteiger partial charge on any atom is -0.493 e. The Kier molecular flexibility index (Phi) is 6.03. The van der Waals surface area contributed by atoms with Gasteiger partial charge in [0.15, 0.2) is 11.5 Å². The largest absolute Gasteiger partial charge is 0.493 e. The first-order valence-electron chi connectivity index (χ1n) is 5.63. The first-order chi connectivity index (χ1) is 8.63. The molecule has 0 spiro atoms. The van der Waals surface area contributed by atoms with E-state index < -0.39 is 6.10 Å². The minimum atomic E-state index is -0.569. The molecule has 0 aliphatic carbocycles. The van der Waals surface area contributed by atoms with Crippen molar-refractivity contribution < 1.29 is 14.6 Å². The number of halogens is 1. The number of rotatable bonds is 5. The zero-order valence-electron chi connectivity index (χ0n) is 10.8. The average molecular weight is 313 g/mol. The minimum absolute atomic E-state index is 0.569. The molecule has 1 aromatic rings. The van der Waals surface area contributed by atoms with Gasteiger partial charge in [0.05, 0.1) is 20.3 Å². The monoisotopic (exact) mass is 312 g/mol. The lowest BCUT2D eigenvalue weighted by atomic mass is 10.0. The van der Waals surface area contributed by atoms with Crippen molar-refractivity contribution in [2.75, 3.05) is 14.2 Å². The summed E-state index contributed by atoms with van der Waals surface area (Å²) in [5.74, 6) is 6.99. The standard InChI is InChI=1S/C14H17BrO3/c1-4-5-6-7-12(16)10-8-13(17-2)14(18-3)9-11(10)15/h8-9,12,16H,6-7H2,1-3H3. The Labute approximate surface area is 116 Å². The second-order valence-corrected chi connectivity index (χ2v) is 4.56. The van der Waals surface area contributed by atoms with E-state index in [-0.39, 0.29) is 0 Å². The number of aliphatic hydroxyl groups is 1. The summed E-state index contributed by atoms with van der Waals surface area (Å²) in [6.07, 6.45) is 0.688. The zero-order valence-corrected chi connectivity index (χ0v) is 12.4. The van der Waals surface area contributed by atoms with Crippen LogP contribution in [0.2, 0.25) is 0 Å². The predicted molar refractivity (Wildman–Crippen MR) is 74.9 cm³/mol. The van der Waals surface area contributed by atoms with Crippen molar-refractivity contribution in [2.24, 2.45) is 0 Å². The van der Waals surface area contributed by atoms with E-state index in [0.29, 0.717) is 24.3 Å². The van der Waals surface area contributed by atoms with Gasteiger partial charge in [-0.05, 0) is 31.0 Å². The average Bonchev–Trinajstić information content (AvgIpc) is 2.38. The van der Waals surface area contributed by atoms with Crippen LogP contribution in [0.1, 0.15) is 31.4 Å². The van der Waals surface area contributed by atoms with Crippen molar-refractivity contribution in [1.29, 1.82) is 0 Å². The maximum Gasteiger partial charge on any atom is 0.161 e. The van der Waals surface area contributed by atoms with Crippen LogP contribution in [0.15, 0.2) is 16.6 Å². The Morgan fingerprint density at radius 3 is 2.44 bits per heavy atom. The Balaban J connectivity index is 2.96. The number of hydrogen-bond donors (Lipinski definition) is 1. The van der Waals surface area contributed by atoms with E-state index in [1.807, 2.05) is 0 Å². The Morgan fingerprint density at radius 2 is 1.89 bits per heavy atom. The molecule has 0 saturated heterocycles. The number of hydrogen-bond acceptors (Lipinski definition) is 3. The van der Waals surface area contributed by atoms with Crippen molar-refractivity contribution >= 4 is 15.9 Å². The fourth-order valence-corrected chi connectivity index (χ4v) is 2.20. The van der Waals surface area contributed by atoms with Gasteiger partial charge in [0.25, 0.3) is 0 Å². The van der Waals surface area contributed by atoms with E-state index >= 15 is 0 Å². The van der Waals surface area contributed by atoms with Gasteiger partial charge in [0.1, 0.15) is 0 Å². The summed E-state index contributed by atoms with van der Waals surface area (Å²) in [7, 11) is 3.15. The SMILES string of the molecule is CC#CCCC(O)c1cc(OC)c(OC)cc1Br. The van der Waals surface area contributed by atoms with Gasteiger partial charge in [-0.1, -0.05) is 15.9 Å². The molecule has 0 fully saturated rings. The van der Waals surface area contributed by atoms with Crippen LogP contribution < -0.4 is 9.47 Å². The quantitative estimate of drug-likeness (QED) is 0.848. The first-order valence-corrected chi connectivity index (χ1v) is 6.42. The van der Waals surface area contributed by atoms with Gasteiger partial charge < -0.3 is 14.6 Å². The molecule has 1 atom stereocenters. The number of ether oxygens (including phenoxy) is 2. The van der Waals surface area contributed by atoms with E-state index in [4.69, 9.17) is 9.47 Å². The van der Waals surface area contributed by atoms with E-state index in [0.717, 1.165) is 10.0 Å². The molecule has 0 radical (unpaired) electrons. The lowest BCUT2D eigenvalue weighted by Gasteiger charge is -2.15. The Bertz CT molecular complexity index is 460. The third-order valence-electron chi connectivity index (χ3n) is 2.58. The fraction of sp³-hybridized carbons (Fsp3) is 0.429. The van der Waals surface area contributed by atoms with Crippen molar-refractivity contribution in [2.45, 2.75) is 25.9 Å². The highest BCUT2D eigenvalue weighted by atomic mass is 79.9. The maximum absolute atomic E-state index is 10.1. The smallest absolute Gasteiger partial charge is 0.161 e. The molecule has 0 heterocycles. The summed E-state index contributed by atoms with van der Waals surface area (Å²) in [4.78, 5) is 0. The van der Waals surface area contributed by atoms with Gasteiger partial charge in [0, 0.05) is 10.9 Å². The molecule has 18 heavy (non-hydrogen) atoms. The third-order valence-corrected chi connectivity index (χ3v) is 3.27. The van der Waals surface area contributed by atoms with Crippen LogP contribution in [0.4, 0.5) is 0 Å². The van der Waals surface area contributed by atoms with E-state index in [9.17, 15) is 5.11 Å². The number of aliphatic hydroxyl groups excluding tert-OH is 1. The molecule has 3 nitrogen and oxygen atoms in total. The summed E-state index contributed by atoms with van der Waals surface area (Å²) in [5, 5.41) is 10.1. The predicted octanol–water partition coefficient (Wildman–Crippen LogP) is 3.30. The molecule has 0 aromatic heterocycles. The van der Waals surface area contributed by atoms with Crippen molar-refractivity contribution in [3.63, 3.8) is 0 Å². The second kappa shape index (κ2) is 7.30. The molecule has 1 aromatic carbocycles. The van der Waals surface area contributed by atoms with Gasteiger partial charge in [-0.15, -0.1) is 11.8 Å². The zero-order chi connectivity index (χ0) is 13.5. The van der Waals surface area contributed by atoms with Crippen LogP contribution >= 0.6 is 15.9 Å². The van der Waals surface area contributed by atoms with Crippen molar-refractivity contribution in [3.05, 3.63) is 22.2 Å². The van der Waals surface area contributed by atoms with E-state index in [1.54, 1.807) is 33.3 Å². The Morgan fingerprint density at radius 1 is 1.28 bits per heavy atom. The molecule has 1 unspecified atom stereocenters. The van der Waals surface area contributed by atoms with Crippen LogP contribution in [0, 0.1) is 11.8 Å². The van der Waals surface area contributed by atoms with Gasteiger partial charge >= 0.3 is 0 Å². The van der Waals surface area contributed by atoms with Crippen molar-refractivity contribution in [1.82, 2.24) is 0 Å². The molecular formula is C14H17BrO3. The summed E-state index contributed by atoms with van der Waals surface area (Å²) >= 11 is 3.43. The highest BCUT2D eigenvalue weighted by Gasteiger charge is 2.15. The van der Waals surface area contributed by atoms with Gasteiger partial charge in [-0.3, -0.25) is 0 Å². The molecular weight excluding hydrogens is 296 g/mol. The lowest BCUT2D eigenvalue weighted by molar-refractivity contribution is 0.168. The van der Waals surface area contributed by atoms with E-state index in [2.05, 4.69) is 27.8 Å². The van der Waals surface area contributed by atoms with Crippen LogP contribution in [0.25, 0.3) is 0 Å². The number of methoxy groups -OCH3 is 2. The van der Waals surface area contributed by atoms with Gasteiger partial charge in [-0.2, -0.15) is 0 Å². The lowest BCUT2D eigenvalue weighted by Crippen LogP contribution is -2.00. The molecule has 0 aliphatic rings. The van der Waals surface area contributed by atoms with Gasteiger partial charge in [-0.25, -0.2) is 0 Å². The molecule has 0 aliphatic heterocycles. The summed E-state index contributed by atoms with van der Waals surface area (Å²) in [6, 6.07) is 3.58. The Hall–Kier alpha value is -1.18. The third kappa shape index (κ3) is 3.66. The topological polar surface area (TPSA) is 38.7 Å². The van der Waals surface area contributed by atoms with E-state index in [1.165, 1.54) is 0 Å². The highest BCUT2D eigenvalue weighted by Crippen LogP contribution is 2.37. The van der Waals surface area contributed by atoms with Gasteiger partial charge in [0.2, 0.25) is 0 Å². The molecule has 0 saturated carbocycles.